The van der Waals surface area contributed by atoms with Crippen molar-refractivity contribution < 1.29 is 18.7 Å². The molecule has 1 amide bonds. The van der Waals surface area contributed by atoms with Gasteiger partial charge in [0.15, 0.2) is 0 Å². The maximum Gasteiger partial charge on any atom is 0.272 e. The van der Waals surface area contributed by atoms with Gasteiger partial charge in [0.1, 0.15) is 17.3 Å². The number of benzene rings is 2. The van der Waals surface area contributed by atoms with Crippen molar-refractivity contribution in [1.82, 2.24) is 15.1 Å². The fourth-order valence-electron chi connectivity index (χ4n) is 3.08. The summed E-state index contributed by atoms with van der Waals surface area (Å²) in [5, 5.41) is 7.12. The van der Waals surface area contributed by atoms with Gasteiger partial charge >= 0.3 is 0 Å². The molecule has 1 aromatic heterocycles. The minimum atomic E-state index is -0.422. The van der Waals surface area contributed by atoms with Gasteiger partial charge in [-0.25, -0.2) is 9.07 Å². The number of ether oxygens (including phenoxy) is 2. The Kier molecular flexibility index (Phi) is 7.50. The molecule has 1 atom stereocenters. The second-order valence-electron chi connectivity index (χ2n) is 6.90. The predicted octanol–water partition coefficient (Wildman–Crippen LogP) is 2.75. The molecule has 0 bridgehead atoms. The number of carbonyl (C=O) groups is 1. The molecular formula is C23H24FN3O4. The van der Waals surface area contributed by atoms with Crippen LogP contribution in [0.5, 0.6) is 5.75 Å². The van der Waals surface area contributed by atoms with Gasteiger partial charge in [-0.3, -0.25) is 9.59 Å². The van der Waals surface area contributed by atoms with Crippen LogP contribution in [0.15, 0.2) is 65.5 Å². The van der Waals surface area contributed by atoms with Gasteiger partial charge in [0.25, 0.3) is 11.5 Å². The Hall–Kier alpha value is -3.52. The zero-order valence-corrected chi connectivity index (χ0v) is 17.4. The number of nitrogens with one attached hydrogen (secondary N) is 1. The maximum absolute atomic E-state index is 13.3. The van der Waals surface area contributed by atoms with Gasteiger partial charge in [0.05, 0.1) is 26.3 Å². The van der Waals surface area contributed by atoms with Gasteiger partial charge < -0.3 is 14.8 Å². The van der Waals surface area contributed by atoms with E-state index < -0.39 is 11.9 Å². The summed E-state index contributed by atoms with van der Waals surface area (Å²) in [4.78, 5) is 24.9. The van der Waals surface area contributed by atoms with Crippen LogP contribution in [-0.4, -0.2) is 36.5 Å². The molecule has 8 heteroatoms. The molecule has 0 spiro atoms. The van der Waals surface area contributed by atoms with E-state index in [1.807, 2.05) is 24.3 Å². The highest BCUT2D eigenvalue weighted by Gasteiger charge is 2.18. The van der Waals surface area contributed by atoms with Crippen molar-refractivity contribution in [3.8, 4) is 5.75 Å². The Morgan fingerprint density at radius 3 is 2.42 bits per heavy atom. The molecule has 0 saturated heterocycles. The molecule has 1 N–H and O–H groups in total. The number of methoxy groups -OCH3 is 2. The van der Waals surface area contributed by atoms with Gasteiger partial charge in [0, 0.05) is 13.2 Å². The molecule has 0 radical (unpaired) electrons. The average Bonchev–Trinajstić information content (AvgIpc) is 2.79. The van der Waals surface area contributed by atoms with Crippen molar-refractivity contribution in [1.29, 1.82) is 0 Å². The van der Waals surface area contributed by atoms with Gasteiger partial charge in [0.2, 0.25) is 0 Å². The number of nitrogens with zero attached hydrogens (tertiary/aromatic N) is 2. The number of hydrogen-bond acceptors (Lipinski definition) is 5. The number of amides is 1. The van der Waals surface area contributed by atoms with Crippen LogP contribution in [0.2, 0.25) is 0 Å². The van der Waals surface area contributed by atoms with Crippen LogP contribution in [-0.2, 0) is 17.7 Å². The van der Waals surface area contributed by atoms with Crippen molar-refractivity contribution in [3.63, 3.8) is 0 Å². The Morgan fingerprint density at radius 1 is 1.06 bits per heavy atom. The van der Waals surface area contributed by atoms with Gasteiger partial charge in [-0.2, -0.15) is 5.10 Å². The second-order valence-corrected chi connectivity index (χ2v) is 6.90. The molecule has 2 aromatic carbocycles. The van der Waals surface area contributed by atoms with Crippen molar-refractivity contribution in [3.05, 3.63) is 93.7 Å². The first-order chi connectivity index (χ1) is 15.0. The zero-order valence-electron chi connectivity index (χ0n) is 17.4. The van der Waals surface area contributed by atoms with Crippen LogP contribution in [0.4, 0.5) is 4.39 Å². The smallest absolute Gasteiger partial charge is 0.272 e. The summed E-state index contributed by atoms with van der Waals surface area (Å²) in [5.74, 6) is -0.0482. The van der Waals surface area contributed by atoms with Gasteiger partial charge in [-0.15, -0.1) is 0 Å². The molecule has 31 heavy (non-hydrogen) atoms. The van der Waals surface area contributed by atoms with Crippen LogP contribution in [0.25, 0.3) is 0 Å². The molecule has 0 fully saturated rings. The van der Waals surface area contributed by atoms with Crippen molar-refractivity contribution in [2.24, 2.45) is 0 Å². The van der Waals surface area contributed by atoms with Crippen molar-refractivity contribution >= 4 is 5.91 Å². The third-order valence-electron chi connectivity index (χ3n) is 4.78. The molecule has 7 nitrogen and oxygen atoms in total. The standard InChI is InChI=1S/C23H24FN3O4/c1-30-14-13-27-22(28)12-11-20(26-27)23(29)25-21(15-16-3-7-18(24)8-4-16)17-5-9-19(31-2)10-6-17/h3-12,21H,13-15H2,1-2H3,(H,25,29). The van der Waals surface area contributed by atoms with Crippen LogP contribution in [0, 0.1) is 5.82 Å². The van der Waals surface area contributed by atoms with Crippen LogP contribution < -0.4 is 15.6 Å². The first kappa shape index (κ1) is 22.2. The summed E-state index contributed by atoms with van der Waals surface area (Å²) in [6, 6.07) is 15.8. The minimum Gasteiger partial charge on any atom is -0.497 e. The monoisotopic (exact) mass is 425 g/mol. The summed E-state index contributed by atoms with van der Waals surface area (Å²) < 4.78 is 24.7. The highest BCUT2D eigenvalue weighted by Crippen LogP contribution is 2.22. The summed E-state index contributed by atoms with van der Waals surface area (Å²) in [6.45, 7) is 0.547. The van der Waals surface area contributed by atoms with Crippen molar-refractivity contribution in [2.45, 2.75) is 19.0 Å². The van der Waals surface area contributed by atoms with Gasteiger partial charge in [-0.1, -0.05) is 24.3 Å². The Labute approximate surface area is 179 Å². The summed E-state index contributed by atoms with van der Waals surface area (Å²) in [6.07, 6.45) is 0.446. The summed E-state index contributed by atoms with van der Waals surface area (Å²) in [7, 11) is 3.10. The molecule has 3 rings (SSSR count). The molecule has 0 aliphatic rings. The second kappa shape index (κ2) is 10.5. The van der Waals surface area contributed by atoms with Gasteiger partial charge in [-0.05, 0) is 47.9 Å². The molecule has 0 aliphatic carbocycles. The Bertz CT molecular complexity index is 1070. The van der Waals surface area contributed by atoms with Crippen LogP contribution in [0.3, 0.4) is 0 Å². The average molecular weight is 425 g/mol. The lowest BCUT2D eigenvalue weighted by Crippen LogP contribution is -2.33. The van der Waals surface area contributed by atoms with E-state index in [4.69, 9.17) is 9.47 Å². The lowest BCUT2D eigenvalue weighted by atomic mass is 9.98. The van der Waals surface area contributed by atoms with Crippen LogP contribution in [0.1, 0.15) is 27.7 Å². The molecule has 1 heterocycles. The third kappa shape index (κ3) is 5.99. The van der Waals surface area contributed by atoms with E-state index in [9.17, 15) is 14.0 Å². The van der Waals surface area contributed by atoms with Crippen LogP contribution >= 0.6 is 0 Å². The topological polar surface area (TPSA) is 82.5 Å². The highest BCUT2D eigenvalue weighted by atomic mass is 19.1. The highest BCUT2D eigenvalue weighted by molar-refractivity contribution is 5.92. The SMILES string of the molecule is COCCn1nc(C(=O)NC(Cc2ccc(F)cc2)c2ccc(OC)cc2)ccc1=O. The first-order valence-corrected chi connectivity index (χ1v) is 9.76. The number of rotatable bonds is 9. The predicted molar refractivity (Wildman–Crippen MR) is 114 cm³/mol. The number of carbonyl (C=O) groups excluding carboxylic acids is 1. The summed E-state index contributed by atoms with van der Waals surface area (Å²) >= 11 is 0. The lowest BCUT2D eigenvalue weighted by molar-refractivity contribution is 0.0927. The fourth-order valence-corrected chi connectivity index (χ4v) is 3.08. The lowest BCUT2D eigenvalue weighted by Gasteiger charge is -2.20. The quantitative estimate of drug-likeness (QED) is 0.570. The largest absolute Gasteiger partial charge is 0.497 e. The Morgan fingerprint density at radius 2 is 1.77 bits per heavy atom. The third-order valence-corrected chi connectivity index (χ3v) is 4.78. The van der Waals surface area contributed by atoms with E-state index in [0.29, 0.717) is 18.8 Å². The fraction of sp³-hybridized carbons (Fsp3) is 0.261. The molecule has 0 saturated carbocycles. The molecular weight excluding hydrogens is 401 g/mol. The van der Waals surface area contributed by atoms with E-state index in [-0.39, 0.29) is 23.6 Å². The number of aromatic nitrogens is 2. The molecule has 3 aromatic rings. The minimum absolute atomic E-state index is 0.119. The molecule has 0 aliphatic heterocycles. The number of hydrogen-bond donors (Lipinski definition) is 1. The number of halogens is 1. The summed E-state index contributed by atoms with van der Waals surface area (Å²) in [5.41, 5.74) is 1.52. The van der Waals surface area contributed by atoms with E-state index in [1.165, 1.54) is 36.1 Å². The Balaban J connectivity index is 1.85. The van der Waals surface area contributed by atoms with Crippen molar-refractivity contribution in [2.75, 3.05) is 20.8 Å². The van der Waals surface area contributed by atoms with E-state index in [1.54, 1.807) is 19.2 Å². The van der Waals surface area contributed by atoms with E-state index in [0.717, 1.165) is 11.1 Å². The molecule has 162 valence electrons. The normalized spacial score (nSPS) is 11.7. The molecule has 1 unspecified atom stereocenters. The van der Waals surface area contributed by atoms with E-state index in [2.05, 4.69) is 10.4 Å². The maximum atomic E-state index is 13.3. The zero-order chi connectivity index (χ0) is 22.2. The van der Waals surface area contributed by atoms with E-state index >= 15 is 0 Å². The first-order valence-electron chi connectivity index (χ1n) is 9.76.